The van der Waals surface area contributed by atoms with Gasteiger partial charge in [0.15, 0.2) is 0 Å². The van der Waals surface area contributed by atoms with Crippen LogP contribution in [0.15, 0.2) is 322 Å². The summed E-state index contributed by atoms with van der Waals surface area (Å²) < 4.78 is 0. The first-order valence-corrected chi connectivity index (χ1v) is 27.3. The van der Waals surface area contributed by atoms with Gasteiger partial charge in [0.25, 0.3) is 0 Å². The first kappa shape index (κ1) is 54.2. The quantitative estimate of drug-likeness (QED) is 0.156. The van der Waals surface area contributed by atoms with Crippen molar-refractivity contribution < 1.29 is 0 Å². The van der Waals surface area contributed by atoms with E-state index in [9.17, 15) is 0 Å². The van der Waals surface area contributed by atoms with Gasteiger partial charge in [-0.15, -0.1) is 0 Å². The monoisotopic (exact) mass is 1020 g/mol. The number of rotatable bonds is 6. The number of aryl methyl sites for hydroxylation is 5. The first-order chi connectivity index (χ1) is 38.8. The minimum atomic E-state index is 1.26. The van der Waals surface area contributed by atoms with Crippen molar-refractivity contribution in [3.63, 3.8) is 0 Å². The van der Waals surface area contributed by atoms with Crippen LogP contribution in [0, 0.1) is 34.6 Å². The summed E-state index contributed by atoms with van der Waals surface area (Å²) >= 11 is 0. The Kier molecular flexibility index (Phi) is 18.8. The third-order valence-electron chi connectivity index (χ3n) is 14.1. The van der Waals surface area contributed by atoms with E-state index in [1.165, 1.54) is 116 Å². The molecule has 0 unspecified atom stereocenters. The van der Waals surface area contributed by atoms with Gasteiger partial charge in [0, 0.05) is 0 Å². The topological polar surface area (TPSA) is 0 Å². The fourth-order valence-corrected chi connectivity index (χ4v) is 9.93. The molecule has 13 rings (SSSR count). The normalized spacial score (nSPS) is 10.3. The van der Waals surface area contributed by atoms with E-state index >= 15 is 0 Å². The standard InChI is InChI=1S/3C19H16.2C11H10/c1-15-12-18(16-8-4-2-5-9-16)14-19(13-15)17-10-6-3-7-11-17;1-15-9-5-6-12-17(15)19-14-8-7-13-18(19)16-10-3-2-4-11-16;1-15-8-5-6-13-19(15)18-12-7-11-17(14-18)16-9-3-2-4-10-16;1-9-5-4-7-10-6-2-3-8-11(9)10;1-9-6-7-10-4-2-3-5-11(10)8-9/h3*2-14H,1H3;2*2-8H,1H3. The highest BCUT2D eigenvalue weighted by atomic mass is 14.1. The molecule has 79 heavy (non-hydrogen) atoms. The molecule has 384 valence electrons. The maximum absolute atomic E-state index is 2.26. The van der Waals surface area contributed by atoms with Gasteiger partial charge in [0.2, 0.25) is 0 Å². The number of benzene rings is 13. The molecule has 0 fully saturated rings. The Bertz CT molecular complexity index is 3920. The summed E-state index contributed by atoms with van der Waals surface area (Å²) in [5, 5.41) is 5.33. The lowest BCUT2D eigenvalue weighted by molar-refractivity contribution is 1.46. The van der Waals surface area contributed by atoms with Crippen LogP contribution in [-0.4, -0.2) is 0 Å². The van der Waals surface area contributed by atoms with Gasteiger partial charge in [-0.3, -0.25) is 0 Å². The summed E-state index contributed by atoms with van der Waals surface area (Å²) in [6.45, 7) is 10.7. The molecule has 0 nitrogen and oxygen atoms in total. The van der Waals surface area contributed by atoms with Crippen LogP contribution in [0.25, 0.3) is 88.3 Å². The van der Waals surface area contributed by atoms with E-state index in [0.29, 0.717) is 0 Å². The van der Waals surface area contributed by atoms with Crippen molar-refractivity contribution in [3.05, 3.63) is 349 Å². The maximum Gasteiger partial charge on any atom is -0.0103 e. The summed E-state index contributed by atoms with van der Waals surface area (Å²) in [5.74, 6) is 0. The van der Waals surface area contributed by atoms with Crippen LogP contribution in [0.3, 0.4) is 0 Å². The summed E-state index contributed by atoms with van der Waals surface area (Å²) in [6, 6.07) is 113. The highest BCUT2D eigenvalue weighted by molar-refractivity contribution is 5.86. The fraction of sp³-hybridized carbons (Fsp3) is 0.0633. The minimum absolute atomic E-state index is 1.26. The van der Waals surface area contributed by atoms with Gasteiger partial charge in [-0.2, -0.15) is 0 Å². The first-order valence-electron chi connectivity index (χ1n) is 27.3. The summed E-state index contributed by atoms with van der Waals surface area (Å²) in [5.41, 5.74) is 21.9. The van der Waals surface area contributed by atoms with E-state index in [-0.39, 0.29) is 0 Å². The lowest BCUT2D eigenvalue weighted by Gasteiger charge is -2.12. The largest absolute Gasteiger partial charge is 0.0622 e. The lowest BCUT2D eigenvalue weighted by Crippen LogP contribution is -1.87. The number of fused-ring (bicyclic) bond motifs is 2. The zero-order valence-corrected chi connectivity index (χ0v) is 46.1. The molecule has 0 aromatic heterocycles. The molecular formula is C79H68. The van der Waals surface area contributed by atoms with Crippen molar-refractivity contribution in [1.82, 2.24) is 0 Å². The van der Waals surface area contributed by atoms with E-state index in [1.807, 2.05) is 0 Å². The lowest BCUT2D eigenvalue weighted by atomic mass is 9.92. The Hall–Kier alpha value is -9.62. The molecule has 0 aliphatic heterocycles. The Labute approximate surface area is 469 Å². The third kappa shape index (κ3) is 14.9. The van der Waals surface area contributed by atoms with Crippen LogP contribution in [0.4, 0.5) is 0 Å². The van der Waals surface area contributed by atoms with Crippen LogP contribution >= 0.6 is 0 Å². The Morgan fingerprint density at radius 1 is 0.165 bits per heavy atom. The van der Waals surface area contributed by atoms with Gasteiger partial charge in [-0.25, -0.2) is 0 Å². The van der Waals surface area contributed by atoms with Gasteiger partial charge in [0.1, 0.15) is 0 Å². The second kappa shape index (κ2) is 27.4. The zero-order valence-electron chi connectivity index (χ0n) is 46.1. The SMILES string of the molecule is Cc1cc(-c2ccccc2)cc(-c2ccccc2)c1.Cc1ccc2ccccc2c1.Cc1cccc2ccccc12.Cc1ccccc1-c1cccc(-c2ccccc2)c1.Cc1ccccc1-c1ccccc1-c1ccccc1. The average molecular weight is 1020 g/mol. The van der Waals surface area contributed by atoms with Crippen LogP contribution in [0.5, 0.6) is 0 Å². The molecular weight excluding hydrogens is 949 g/mol. The van der Waals surface area contributed by atoms with Crippen molar-refractivity contribution in [2.45, 2.75) is 34.6 Å². The van der Waals surface area contributed by atoms with Crippen molar-refractivity contribution in [3.8, 4) is 66.8 Å². The van der Waals surface area contributed by atoms with Gasteiger partial charge >= 0.3 is 0 Å². The van der Waals surface area contributed by atoms with Gasteiger partial charge in [-0.1, -0.05) is 315 Å². The molecule has 0 heteroatoms. The van der Waals surface area contributed by atoms with E-state index in [4.69, 9.17) is 0 Å². The van der Waals surface area contributed by atoms with E-state index in [1.54, 1.807) is 0 Å². The zero-order chi connectivity index (χ0) is 54.6. The molecule has 0 bridgehead atoms. The van der Waals surface area contributed by atoms with Crippen LogP contribution in [-0.2, 0) is 0 Å². The molecule has 0 aliphatic carbocycles. The molecule has 0 saturated heterocycles. The summed E-state index contributed by atoms with van der Waals surface area (Å²) in [6.07, 6.45) is 0. The van der Waals surface area contributed by atoms with Crippen LogP contribution < -0.4 is 0 Å². The Balaban J connectivity index is 0.000000122. The summed E-state index contributed by atoms with van der Waals surface area (Å²) in [7, 11) is 0. The Morgan fingerprint density at radius 2 is 0.544 bits per heavy atom. The average Bonchev–Trinajstić information content (AvgIpc) is 3.52. The van der Waals surface area contributed by atoms with Gasteiger partial charge in [0.05, 0.1) is 0 Å². The minimum Gasteiger partial charge on any atom is -0.0622 e. The molecule has 13 aromatic carbocycles. The number of hydrogen-bond donors (Lipinski definition) is 0. The van der Waals surface area contributed by atoms with Crippen molar-refractivity contribution in [2.24, 2.45) is 0 Å². The highest BCUT2D eigenvalue weighted by Gasteiger charge is 2.09. The molecule has 0 spiro atoms. The second-order valence-electron chi connectivity index (χ2n) is 20.0. The smallest absolute Gasteiger partial charge is 0.0103 e. The second-order valence-corrected chi connectivity index (χ2v) is 20.0. The molecule has 0 saturated carbocycles. The van der Waals surface area contributed by atoms with Crippen molar-refractivity contribution in [1.29, 1.82) is 0 Å². The molecule has 0 heterocycles. The van der Waals surface area contributed by atoms with Crippen molar-refractivity contribution >= 4 is 21.5 Å². The van der Waals surface area contributed by atoms with E-state index in [0.717, 1.165) is 0 Å². The predicted octanol–water partition coefficient (Wildman–Crippen LogP) is 22.3. The molecule has 0 N–H and O–H groups in total. The highest BCUT2D eigenvalue weighted by Crippen LogP contribution is 2.34. The maximum atomic E-state index is 2.26. The molecule has 0 amide bonds. The molecule has 0 atom stereocenters. The third-order valence-corrected chi connectivity index (χ3v) is 14.1. The van der Waals surface area contributed by atoms with Crippen LogP contribution in [0.2, 0.25) is 0 Å². The predicted molar refractivity (Wildman–Crippen MR) is 344 cm³/mol. The van der Waals surface area contributed by atoms with Crippen molar-refractivity contribution in [2.75, 3.05) is 0 Å². The molecule has 0 aliphatic rings. The fourth-order valence-electron chi connectivity index (χ4n) is 9.93. The summed E-state index contributed by atoms with van der Waals surface area (Å²) in [4.78, 5) is 0. The number of hydrogen-bond acceptors (Lipinski definition) is 0. The van der Waals surface area contributed by atoms with Gasteiger partial charge in [-0.05, 0) is 157 Å². The van der Waals surface area contributed by atoms with E-state index < -0.39 is 0 Å². The molecule has 13 aromatic rings. The van der Waals surface area contributed by atoms with E-state index in [2.05, 4.69) is 356 Å². The molecule has 0 radical (unpaired) electrons. The van der Waals surface area contributed by atoms with Crippen LogP contribution in [0.1, 0.15) is 27.8 Å². The van der Waals surface area contributed by atoms with Gasteiger partial charge < -0.3 is 0 Å². The Morgan fingerprint density at radius 3 is 1.11 bits per heavy atom.